The lowest BCUT2D eigenvalue weighted by atomic mass is 10.3. The number of furan rings is 1. The van der Waals surface area contributed by atoms with E-state index in [0.29, 0.717) is 35.4 Å². The molecule has 0 aliphatic carbocycles. The van der Waals surface area contributed by atoms with Gasteiger partial charge in [-0.25, -0.2) is 4.39 Å². The highest BCUT2D eigenvalue weighted by molar-refractivity contribution is 8.00. The lowest BCUT2D eigenvalue weighted by Crippen LogP contribution is -2.23. The second-order valence-corrected chi connectivity index (χ2v) is 7.60. The molecule has 152 valence electrons. The number of carbonyl (C=O) groups is 2. The molecule has 29 heavy (non-hydrogen) atoms. The summed E-state index contributed by atoms with van der Waals surface area (Å²) in [6.45, 7) is 2.07. The number of carbonyl (C=O) groups excluding carboxylic acids is 2. The van der Waals surface area contributed by atoms with Crippen LogP contribution in [0.15, 0.2) is 52.2 Å². The summed E-state index contributed by atoms with van der Waals surface area (Å²) >= 11 is 1.20. The maximum atomic E-state index is 13.3. The third-order valence-electron chi connectivity index (χ3n) is 4.03. The van der Waals surface area contributed by atoms with E-state index in [1.54, 1.807) is 29.9 Å². The fourth-order valence-corrected chi connectivity index (χ4v) is 3.43. The van der Waals surface area contributed by atoms with Gasteiger partial charge in [0.1, 0.15) is 17.4 Å². The minimum Gasteiger partial charge on any atom is -0.467 e. The molecule has 0 radical (unpaired) electrons. The van der Waals surface area contributed by atoms with Crippen molar-refractivity contribution in [3.05, 3.63) is 60.1 Å². The highest BCUT2D eigenvalue weighted by Crippen LogP contribution is 2.25. The Labute approximate surface area is 170 Å². The molecule has 0 saturated heterocycles. The van der Waals surface area contributed by atoms with Crippen LogP contribution in [-0.4, -0.2) is 31.8 Å². The predicted octanol–water partition coefficient (Wildman–Crippen LogP) is 2.60. The Hall–Kier alpha value is -3.14. The Morgan fingerprint density at radius 3 is 2.83 bits per heavy atom. The van der Waals surface area contributed by atoms with Crippen LogP contribution in [-0.2, 0) is 22.6 Å². The summed E-state index contributed by atoms with van der Waals surface area (Å²) < 4.78 is 20.5. The number of hydrogen-bond donors (Lipinski definition) is 2. The molecule has 0 bridgehead atoms. The average molecular weight is 417 g/mol. The smallest absolute Gasteiger partial charge is 0.237 e. The first-order valence-corrected chi connectivity index (χ1v) is 9.76. The molecule has 2 aromatic heterocycles. The van der Waals surface area contributed by atoms with Crippen LogP contribution in [0.5, 0.6) is 0 Å². The Morgan fingerprint density at radius 1 is 1.31 bits per heavy atom. The molecule has 1 atom stereocenters. The first-order valence-electron chi connectivity index (χ1n) is 8.88. The van der Waals surface area contributed by atoms with Crippen molar-refractivity contribution in [2.24, 2.45) is 5.73 Å². The third kappa shape index (κ3) is 5.67. The van der Waals surface area contributed by atoms with Gasteiger partial charge in [-0.2, -0.15) is 0 Å². The van der Waals surface area contributed by atoms with Crippen LogP contribution in [0.3, 0.4) is 0 Å². The van der Waals surface area contributed by atoms with Gasteiger partial charge >= 0.3 is 0 Å². The molecule has 2 amide bonds. The minimum absolute atomic E-state index is 0.135. The molecule has 0 aliphatic rings. The van der Waals surface area contributed by atoms with Crippen molar-refractivity contribution in [2.75, 3.05) is 5.32 Å². The number of nitrogens with zero attached hydrogens (tertiary/aromatic N) is 3. The molecule has 2 heterocycles. The Kier molecular flexibility index (Phi) is 6.65. The van der Waals surface area contributed by atoms with Crippen LogP contribution in [0, 0.1) is 5.82 Å². The van der Waals surface area contributed by atoms with E-state index >= 15 is 0 Å². The second kappa shape index (κ2) is 9.37. The van der Waals surface area contributed by atoms with Crippen LogP contribution >= 0.6 is 11.8 Å². The molecule has 10 heteroatoms. The molecule has 3 rings (SSSR count). The van der Waals surface area contributed by atoms with Crippen molar-refractivity contribution in [3.63, 3.8) is 0 Å². The number of aromatic nitrogens is 3. The first-order chi connectivity index (χ1) is 13.9. The lowest BCUT2D eigenvalue weighted by Gasteiger charge is -2.13. The number of hydrogen-bond acceptors (Lipinski definition) is 6. The Balaban J connectivity index is 1.74. The van der Waals surface area contributed by atoms with Gasteiger partial charge in [0.2, 0.25) is 11.8 Å². The maximum absolute atomic E-state index is 13.3. The summed E-state index contributed by atoms with van der Waals surface area (Å²) in [6, 6.07) is 9.26. The number of amides is 2. The number of nitrogens with two attached hydrogens (primary N) is 1. The minimum atomic E-state index is -0.526. The monoisotopic (exact) mass is 417 g/mol. The van der Waals surface area contributed by atoms with E-state index in [2.05, 4.69) is 15.5 Å². The molecule has 0 saturated carbocycles. The van der Waals surface area contributed by atoms with Crippen molar-refractivity contribution < 1.29 is 18.4 Å². The van der Waals surface area contributed by atoms with Gasteiger partial charge in [-0.15, -0.1) is 10.2 Å². The van der Waals surface area contributed by atoms with Gasteiger partial charge in [-0.1, -0.05) is 17.8 Å². The van der Waals surface area contributed by atoms with Crippen LogP contribution in [0.25, 0.3) is 0 Å². The maximum Gasteiger partial charge on any atom is 0.237 e. The molecule has 3 aromatic rings. The summed E-state index contributed by atoms with van der Waals surface area (Å²) in [5.74, 6) is 0.0890. The van der Waals surface area contributed by atoms with Crippen LogP contribution in [0.4, 0.5) is 10.1 Å². The second-order valence-electron chi connectivity index (χ2n) is 6.29. The van der Waals surface area contributed by atoms with Crippen molar-refractivity contribution >= 4 is 29.3 Å². The predicted molar refractivity (Wildman–Crippen MR) is 106 cm³/mol. The number of thioether (sulfide) groups is 1. The molecule has 0 fully saturated rings. The van der Waals surface area contributed by atoms with Gasteiger partial charge in [0.05, 0.1) is 18.1 Å². The normalized spacial score (nSPS) is 11.9. The van der Waals surface area contributed by atoms with Gasteiger partial charge in [0.25, 0.3) is 0 Å². The van der Waals surface area contributed by atoms with Crippen molar-refractivity contribution in [3.8, 4) is 0 Å². The molecule has 1 unspecified atom stereocenters. The number of halogens is 1. The summed E-state index contributed by atoms with van der Waals surface area (Å²) in [7, 11) is 0. The molecular weight excluding hydrogens is 397 g/mol. The highest BCUT2D eigenvalue weighted by atomic mass is 32.2. The van der Waals surface area contributed by atoms with E-state index in [-0.39, 0.29) is 12.3 Å². The van der Waals surface area contributed by atoms with Gasteiger partial charge in [-0.05, 0) is 37.3 Å². The number of anilines is 1. The van der Waals surface area contributed by atoms with Crippen LogP contribution in [0.2, 0.25) is 0 Å². The first kappa shape index (κ1) is 20.6. The highest BCUT2D eigenvalue weighted by Gasteiger charge is 2.21. The summed E-state index contributed by atoms with van der Waals surface area (Å²) in [4.78, 5) is 23.6. The van der Waals surface area contributed by atoms with Crippen molar-refractivity contribution in [1.82, 2.24) is 14.8 Å². The molecule has 0 spiro atoms. The van der Waals surface area contributed by atoms with Gasteiger partial charge in [-0.3, -0.25) is 14.2 Å². The topological polar surface area (TPSA) is 116 Å². The fraction of sp³-hybridized carbons (Fsp3) is 0.263. The largest absolute Gasteiger partial charge is 0.467 e. The molecule has 8 nitrogen and oxygen atoms in total. The fourth-order valence-electron chi connectivity index (χ4n) is 2.57. The van der Waals surface area contributed by atoms with Gasteiger partial charge in [0.15, 0.2) is 5.16 Å². The third-order valence-corrected chi connectivity index (χ3v) is 5.11. The zero-order chi connectivity index (χ0) is 20.8. The van der Waals surface area contributed by atoms with Gasteiger partial charge in [0, 0.05) is 18.5 Å². The Bertz CT molecular complexity index is 990. The van der Waals surface area contributed by atoms with Crippen LogP contribution < -0.4 is 11.1 Å². The number of nitrogens with one attached hydrogen (secondary N) is 1. The van der Waals surface area contributed by atoms with E-state index in [4.69, 9.17) is 10.2 Å². The van der Waals surface area contributed by atoms with E-state index in [0.717, 1.165) is 0 Å². The van der Waals surface area contributed by atoms with Crippen LogP contribution in [0.1, 0.15) is 24.9 Å². The number of rotatable bonds is 9. The van der Waals surface area contributed by atoms with Crippen molar-refractivity contribution in [2.45, 2.75) is 36.7 Å². The van der Waals surface area contributed by atoms with E-state index in [1.165, 1.54) is 30.0 Å². The summed E-state index contributed by atoms with van der Waals surface area (Å²) in [5, 5.41) is 11.0. The summed E-state index contributed by atoms with van der Waals surface area (Å²) in [6.07, 6.45) is 2.02. The van der Waals surface area contributed by atoms with E-state index in [1.807, 2.05) is 6.07 Å². The van der Waals surface area contributed by atoms with Crippen molar-refractivity contribution in [1.29, 1.82) is 0 Å². The SMILES string of the molecule is CC(Sc1nnc(CCC(N)=O)n1Cc1ccco1)C(=O)Nc1cccc(F)c1. The summed E-state index contributed by atoms with van der Waals surface area (Å²) in [5.41, 5.74) is 5.61. The zero-order valence-electron chi connectivity index (χ0n) is 15.7. The average Bonchev–Trinajstić information content (AvgIpc) is 3.31. The number of benzene rings is 1. The zero-order valence-corrected chi connectivity index (χ0v) is 16.5. The number of aryl methyl sites for hydroxylation is 1. The Morgan fingerprint density at radius 2 is 2.14 bits per heavy atom. The number of primary amides is 1. The lowest BCUT2D eigenvalue weighted by molar-refractivity contribution is -0.118. The van der Waals surface area contributed by atoms with E-state index < -0.39 is 17.0 Å². The van der Waals surface area contributed by atoms with E-state index in [9.17, 15) is 14.0 Å². The molecule has 1 aromatic carbocycles. The molecule has 3 N–H and O–H groups in total. The standard InChI is InChI=1S/C19H20FN5O3S/c1-12(18(27)22-14-5-2-4-13(20)10-14)29-19-24-23-17(8-7-16(21)26)25(19)11-15-6-3-9-28-15/h2-6,9-10,12H,7-8,11H2,1H3,(H2,21,26)(H,22,27). The van der Waals surface area contributed by atoms with Gasteiger partial charge < -0.3 is 15.5 Å². The quantitative estimate of drug-likeness (QED) is 0.517. The molecule has 0 aliphatic heterocycles. The molecular formula is C19H20FN5O3S.